The molecule has 0 aliphatic carbocycles. The minimum Gasteiger partial charge on any atom is -0.481 e. The van der Waals surface area contributed by atoms with Crippen molar-refractivity contribution in [2.75, 3.05) is 26.2 Å². The highest BCUT2D eigenvalue weighted by atomic mass is 16.5. The zero-order valence-electron chi connectivity index (χ0n) is 11.9. The number of carbonyl (C=O) groups excluding carboxylic acids is 1. The number of piperidine rings is 1. The van der Waals surface area contributed by atoms with Crippen molar-refractivity contribution in [3.05, 3.63) is 0 Å². The maximum atomic E-state index is 11.6. The number of aliphatic hydroxyl groups is 1. The van der Waals surface area contributed by atoms with E-state index < -0.39 is 18.0 Å². The Morgan fingerprint density at radius 2 is 2.05 bits per heavy atom. The summed E-state index contributed by atoms with van der Waals surface area (Å²) >= 11 is 0. The summed E-state index contributed by atoms with van der Waals surface area (Å²) in [5, 5.41) is 24.1. The zero-order valence-corrected chi connectivity index (χ0v) is 11.9. The second kappa shape index (κ2) is 8.18. The molecule has 0 spiro atoms. The van der Waals surface area contributed by atoms with Crippen molar-refractivity contribution in [3.8, 4) is 0 Å². The number of hydrogen-bond acceptors (Lipinski definition) is 5. The molecule has 0 aromatic rings. The van der Waals surface area contributed by atoms with Crippen LogP contribution in [0.5, 0.6) is 0 Å². The van der Waals surface area contributed by atoms with Crippen molar-refractivity contribution in [1.82, 2.24) is 10.6 Å². The van der Waals surface area contributed by atoms with Gasteiger partial charge < -0.3 is 25.6 Å². The quantitative estimate of drug-likeness (QED) is 0.479. The Hall–Kier alpha value is -1.18. The van der Waals surface area contributed by atoms with E-state index in [4.69, 9.17) is 9.84 Å². The van der Waals surface area contributed by atoms with Gasteiger partial charge in [-0.15, -0.1) is 0 Å². The molecular formula is C13H24N2O5. The van der Waals surface area contributed by atoms with Gasteiger partial charge in [0.15, 0.2) is 0 Å². The van der Waals surface area contributed by atoms with Crippen LogP contribution in [0.2, 0.25) is 0 Å². The second-order valence-corrected chi connectivity index (χ2v) is 5.41. The van der Waals surface area contributed by atoms with Gasteiger partial charge in [-0.25, -0.2) is 0 Å². The number of nitrogens with one attached hydrogen (secondary N) is 2. The van der Waals surface area contributed by atoms with E-state index in [9.17, 15) is 14.7 Å². The van der Waals surface area contributed by atoms with E-state index in [2.05, 4.69) is 10.6 Å². The first-order valence-electron chi connectivity index (χ1n) is 6.92. The third-order valence-electron chi connectivity index (χ3n) is 3.17. The molecule has 0 aromatic carbocycles. The Morgan fingerprint density at radius 1 is 1.40 bits per heavy atom. The van der Waals surface area contributed by atoms with Crippen molar-refractivity contribution in [3.63, 3.8) is 0 Å². The lowest BCUT2D eigenvalue weighted by atomic mass is 10.0. The molecule has 1 unspecified atom stereocenters. The van der Waals surface area contributed by atoms with Gasteiger partial charge in [0.1, 0.15) is 0 Å². The zero-order chi connectivity index (χ0) is 15.0. The van der Waals surface area contributed by atoms with Crippen LogP contribution in [0.3, 0.4) is 0 Å². The van der Waals surface area contributed by atoms with E-state index in [-0.39, 0.29) is 25.0 Å². The minimum absolute atomic E-state index is 0.0779. The van der Waals surface area contributed by atoms with Crippen LogP contribution in [-0.2, 0) is 14.3 Å². The van der Waals surface area contributed by atoms with Gasteiger partial charge in [0.25, 0.3) is 0 Å². The highest BCUT2D eigenvalue weighted by molar-refractivity contribution is 5.76. The average molecular weight is 288 g/mol. The fraction of sp³-hybridized carbons (Fsp3) is 0.846. The van der Waals surface area contributed by atoms with Gasteiger partial charge in [0, 0.05) is 13.0 Å². The molecular weight excluding hydrogens is 264 g/mol. The van der Waals surface area contributed by atoms with E-state index in [0.29, 0.717) is 6.61 Å². The largest absolute Gasteiger partial charge is 0.481 e. The number of rotatable bonds is 8. The lowest BCUT2D eigenvalue weighted by Crippen LogP contribution is -2.42. The third kappa shape index (κ3) is 7.42. The van der Waals surface area contributed by atoms with Gasteiger partial charge in [-0.3, -0.25) is 9.59 Å². The second-order valence-electron chi connectivity index (χ2n) is 5.41. The predicted octanol–water partition coefficient (Wildman–Crippen LogP) is -0.513. The number of ether oxygens (including phenoxy) is 1. The van der Waals surface area contributed by atoms with E-state index in [1.165, 1.54) is 6.92 Å². The Labute approximate surface area is 118 Å². The molecule has 1 atom stereocenters. The molecule has 0 aromatic heterocycles. The Kier molecular flexibility index (Phi) is 6.90. The summed E-state index contributed by atoms with van der Waals surface area (Å²) < 4.78 is 5.59. The maximum absolute atomic E-state index is 11.6. The Bertz CT molecular complexity index is 327. The SMILES string of the molecule is CC(O)(CNC(=O)CCOC1CCNCC1)CC(=O)O. The minimum atomic E-state index is -1.43. The topological polar surface area (TPSA) is 108 Å². The first-order valence-corrected chi connectivity index (χ1v) is 6.92. The summed E-state index contributed by atoms with van der Waals surface area (Å²) in [6.45, 7) is 3.53. The van der Waals surface area contributed by atoms with Gasteiger partial charge in [-0.1, -0.05) is 0 Å². The van der Waals surface area contributed by atoms with Gasteiger partial charge >= 0.3 is 5.97 Å². The maximum Gasteiger partial charge on any atom is 0.306 e. The standard InChI is InChI=1S/C13H24N2O5/c1-13(19,8-12(17)18)9-15-11(16)4-7-20-10-2-5-14-6-3-10/h10,14,19H,2-9H2,1H3,(H,15,16)(H,17,18). The van der Waals surface area contributed by atoms with Crippen LogP contribution in [0.25, 0.3) is 0 Å². The molecule has 116 valence electrons. The molecule has 0 bridgehead atoms. The average Bonchev–Trinajstić information content (AvgIpc) is 2.36. The molecule has 7 heteroatoms. The molecule has 0 radical (unpaired) electrons. The van der Waals surface area contributed by atoms with Crippen LogP contribution < -0.4 is 10.6 Å². The summed E-state index contributed by atoms with van der Waals surface area (Å²) in [4.78, 5) is 22.1. The number of hydrogen-bond donors (Lipinski definition) is 4. The molecule has 7 nitrogen and oxygen atoms in total. The smallest absolute Gasteiger partial charge is 0.306 e. The summed E-state index contributed by atoms with van der Waals surface area (Å²) in [5.41, 5.74) is -1.43. The number of carboxylic acids is 1. The molecule has 0 saturated carbocycles. The third-order valence-corrected chi connectivity index (χ3v) is 3.17. The Morgan fingerprint density at radius 3 is 2.65 bits per heavy atom. The summed E-state index contributed by atoms with van der Waals surface area (Å²) in [7, 11) is 0. The fourth-order valence-electron chi connectivity index (χ4n) is 2.05. The lowest BCUT2D eigenvalue weighted by molar-refractivity contribution is -0.142. The number of aliphatic carboxylic acids is 1. The van der Waals surface area contributed by atoms with Crippen molar-refractivity contribution in [1.29, 1.82) is 0 Å². The highest BCUT2D eigenvalue weighted by Crippen LogP contribution is 2.08. The first kappa shape index (κ1) is 16.9. The molecule has 1 saturated heterocycles. The van der Waals surface area contributed by atoms with E-state index >= 15 is 0 Å². The highest BCUT2D eigenvalue weighted by Gasteiger charge is 2.24. The van der Waals surface area contributed by atoms with Crippen LogP contribution >= 0.6 is 0 Å². The molecule has 1 amide bonds. The summed E-state index contributed by atoms with van der Waals surface area (Å²) in [5.74, 6) is -1.34. The van der Waals surface area contributed by atoms with Crippen molar-refractivity contribution < 1.29 is 24.5 Å². The number of carboxylic acid groups (broad SMARTS) is 1. The predicted molar refractivity (Wildman–Crippen MR) is 72.3 cm³/mol. The van der Waals surface area contributed by atoms with Gasteiger partial charge in [-0.05, 0) is 32.9 Å². The number of amides is 1. The summed E-state index contributed by atoms with van der Waals surface area (Å²) in [6, 6.07) is 0. The van der Waals surface area contributed by atoms with Gasteiger partial charge in [0.2, 0.25) is 5.91 Å². The van der Waals surface area contributed by atoms with Crippen molar-refractivity contribution in [2.45, 2.75) is 44.3 Å². The molecule has 1 aliphatic heterocycles. The first-order chi connectivity index (χ1) is 9.39. The molecule has 20 heavy (non-hydrogen) atoms. The van der Waals surface area contributed by atoms with Crippen LogP contribution in [-0.4, -0.2) is 60.0 Å². The van der Waals surface area contributed by atoms with E-state index in [0.717, 1.165) is 25.9 Å². The molecule has 1 aliphatic rings. The number of carbonyl (C=O) groups is 2. The molecule has 4 N–H and O–H groups in total. The van der Waals surface area contributed by atoms with Crippen LogP contribution in [0.4, 0.5) is 0 Å². The van der Waals surface area contributed by atoms with Crippen LogP contribution in [0.1, 0.15) is 32.6 Å². The van der Waals surface area contributed by atoms with E-state index in [1.807, 2.05) is 0 Å². The fourth-order valence-corrected chi connectivity index (χ4v) is 2.05. The monoisotopic (exact) mass is 288 g/mol. The normalized spacial score (nSPS) is 19.3. The van der Waals surface area contributed by atoms with Crippen LogP contribution in [0.15, 0.2) is 0 Å². The molecule has 1 heterocycles. The lowest BCUT2D eigenvalue weighted by Gasteiger charge is -2.23. The molecule has 1 rings (SSSR count). The summed E-state index contributed by atoms with van der Waals surface area (Å²) in [6.07, 6.45) is 1.93. The van der Waals surface area contributed by atoms with Crippen LogP contribution in [0, 0.1) is 0 Å². The van der Waals surface area contributed by atoms with E-state index in [1.54, 1.807) is 0 Å². The van der Waals surface area contributed by atoms with Gasteiger partial charge in [0.05, 0.1) is 24.7 Å². The molecule has 1 fully saturated rings. The van der Waals surface area contributed by atoms with Crippen molar-refractivity contribution in [2.24, 2.45) is 0 Å². The van der Waals surface area contributed by atoms with Gasteiger partial charge in [-0.2, -0.15) is 0 Å². The Balaban J connectivity index is 2.12. The van der Waals surface area contributed by atoms with Crippen molar-refractivity contribution >= 4 is 11.9 Å².